The summed E-state index contributed by atoms with van der Waals surface area (Å²) >= 11 is 0. The van der Waals surface area contributed by atoms with Crippen LogP contribution >= 0.6 is 0 Å². The summed E-state index contributed by atoms with van der Waals surface area (Å²) < 4.78 is 5.31. The van der Waals surface area contributed by atoms with Gasteiger partial charge >= 0.3 is 12.0 Å². The van der Waals surface area contributed by atoms with Crippen LogP contribution in [0, 0.1) is 0 Å². The van der Waals surface area contributed by atoms with Crippen LogP contribution in [-0.2, 0) is 20.9 Å². The number of carbonyl (C=O) groups is 3. The maximum atomic E-state index is 13.5. The SMILES string of the molecule is CC1=CN2C(=NC3C2C(=O)N(CC(=O)OCc2ccccc2)C(=O)N3C)N1c1ccc(N(C)C)cc1. The predicted octanol–water partition coefficient (Wildman–Crippen LogP) is 2.44. The van der Waals surface area contributed by atoms with Gasteiger partial charge in [-0.2, -0.15) is 0 Å². The van der Waals surface area contributed by atoms with E-state index in [0.29, 0.717) is 5.96 Å². The Labute approximate surface area is 209 Å². The number of benzene rings is 2. The minimum atomic E-state index is -0.759. The first-order chi connectivity index (χ1) is 17.3. The van der Waals surface area contributed by atoms with Crippen LogP contribution in [0.3, 0.4) is 0 Å². The van der Waals surface area contributed by atoms with Crippen molar-refractivity contribution in [2.24, 2.45) is 4.99 Å². The van der Waals surface area contributed by atoms with Gasteiger partial charge in [0.1, 0.15) is 13.2 Å². The molecule has 186 valence electrons. The fourth-order valence-corrected chi connectivity index (χ4v) is 4.63. The zero-order chi connectivity index (χ0) is 25.6. The maximum Gasteiger partial charge on any atom is 0.328 e. The Kier molecular flexibility index (Phi) is 5.87. The van der Waals surface area contributed by atoms with E-state index < -0.39 is 36.7 Å². The standard InChI is InChI=1S/C26H28N6O4/c1-17-14-30-22-23(27-25(30)32(17)20-12-10-19(11-13-20)28(2)3)29(4)26(35)31(24(22)34)15-21(33)36-16-18-8-6-5-7-9-18/h5-14,22-23H,15-16H2,1-4H3. The van der Waals surface area contributed by atoms with Crippen LogP contribution in [0.15, 0.2) is 71.5 Å². The molecule has 3 heterocycles. The molecule has 0 bridgehead atoms. The average molecular weight is 489 g/mol. The smallest absolute Gasteiger partial charge is 0.328 e. The lowest BCUT2D eigenvalue weighted by Crippen LogP contribution is -2.65. The molecule has 0 N–H and O–H groups in total. The number of esters is 1. The monoisotopic (exact) mass is 488 g/mol. The van der Waals surface area contributed by atoms with Crippen molar-refractivity contribution < 1.29 is 19.1 Å². The quantitative estimate of drug-likeness (QED) is 0.577. The first-order valence-electron chi connectivity index (χ1n) is 11.7. The van der Waals surface area contributed by atoms with E-state index in [2.05, 4.69) is 0 Å². The van der Waals surface area contributed by atoms with Gasteiger partial charge in [0.25, 0.3) is 5.91 Å². The highest BCUT2D eigenvalue weighted by Crippen LogP contribution is 2.36. The molecular formula is C26H28N6O4. The topological polar surface area (TPSA) is 89.0 Å². The number of carbonyl (C=O) groups excluding carboxylic acids is 3. The van der Waals surface area contributed by atoms with E-state index in [-0.39, 0.29) is 6.61 Å². The first-order valence-corrected chi connectivity index (χ1v) is 11.7. The largest absolute Gasteiger partial charge is 0.459 e. The number of imide groups is 1. The third kappa shape index (κ3) is 3.94. The lowest BCUT2D eigenvalue weighted by atomic mass is 10.1. The van der Waals surface area contributed by atoms with E-state index in [9.17, 15) is 14.4 Å². The Hall–Kier alpha value is -4.34. The van der Waals surface area contributed by atoms with Crippen LogP contribution in [0.4, 0.5) is 16.2 Å². The maximum absolute atomic E-state index is 13.5. The number of hydrogen-bond acceptors (Lipinski definition) is 8. The number of ether oxygens (including phenoxy) is 1. The molecule has 1 saturated heterocycles. The molecule has 1 fully saturated rings. The molecule has 0 aromatic heterocycles. The molecule has 5 rings (SSSR count). The molecule has 3 aliphatic rings. The van der Waals surface area contributed by atoms with Crippen LogP contribution in [-0.4, -0.2) is 78.5 Å². The Balaban J connectivity index is 1.34. The third-order valence-electron chi connectivity index (χ3n) is 6.54. The molecule has 0 radical (unpaired) electrons. The molecule has 2 unspecified atom stereocenters. The molecule has 2 aromatic carbocycles. The van der Waals surface area contributed by atoms with Gasteiger partial charge in [-0.05, 0) is 36.8 Å². The van der Waals surface area contributed by atoms with Crippen LogP contribution in [0.2, 0.25) is 0 Å². The van der Waals surface area contributed by atoms with Crippen molar-refractivity contribution in [1.82, 2.24) is 14.7 Å². The van der Waals surface area contributed by atoms with Gasteiger partial charge in [0.05, 0.1) is 0 Å². The minimum Gasteiger partial charge on any atom is -0.459 e. The highest BCUT2D eigenvalue weighted by Gasteiger charge is 2.54. The molecular weight excluding hydrogens is 460 g/mol. The lowest BCUT2D eigenvalue weighted by molar-refractivity contribution is -0.151. The number of aliphatic imine (C=N–C) groups is 1. The highest BCUT2D eigenvalue weighted by molar-refractivity contribution is 6.10. The van der Waals surface area contributed by atoms with Crippen LogP contribution in [0.5, 0.6) is 0 Å². The van der Waals surface area contributed by atoms with Crippen LogP contribution < -0.4 is 9.80 Å². The summed E-state index contributed by atoms with van der Waals surface area (Å²) in [6.07, 6.45) is 1.17. The second-order valence-corrected chi connectivity index (χ2v) is 9.18. The Morgan fingerprint density at radius 3 is 2.42 bits per heavy atom. The zero-order valence-electron chi connectivity index (χ0n) is 20.7. The van der Waals surface area contributed by atoms with E-state index in [1.165, 1.54) is 4.90 Å². The molecule has 10 heteroatoms. The van der Waals surface area contributed by atoms with E-state index in [1.807, 2.05) is 91.6 Å². The Morgan fingerprint density at radius 2 is 1.75 bits per heavy atom. The van der Waals surface area contributed by atoms with Gasteiger partial charge in [0, 0.05) is 44.4 Å². The number of hydrogen-bond donors (Lipinski definition) is 0. The van der Waals surface area contributed by atoms with Crippen molar-refractivity contribution in [3.8, 4) is 0 Å². The van der Waals surface area contributed by atoms with Crippen molar-refractivity contribution in [3.63, 3.8) is 0 Å². The van der Waals surface area contributed by atoms with Crippen LogP contribution in [0.1, 0.15) is 12.5 Å². The van der Waals surface area contributed by atoms with Crippen LogP contribution in [0.25, 0.3) is 0 Å². The highest BCUT2D eigenvalue weighted by atomic mass is 16.5. The van der Waals surface area contributed by atoms with Crippen molar-refractivity contribution in [2.45, 2.75) is 25.7 Å². The zero-order valence-corrected chi connectivity index (χ0v) is 20.7. The number of urea groups is 1. The fraction of sp³-hybridized carbons (Fsp3) is 0.308. The lowest BCUT2D eigenvalue weighted by Gasteiger charge is -2.39. The molecule has 10 nitrogen and oxygen atoms in total. The van der Waals surface area contributed by atoms with Crippen molar-refractivity contribution in [1.29, 1.82) is 0 Å². The molecule has 3 aliphatic heterocycles. The van der Waals surface area contributed by atoms with Gasteiger partial charge < -0.3 is 19.4 Å². The van der Waals surface area contributed by atoms with Gasteiger partial charge in [-0.3, -0.25) is 19.4 Å². The number of amides is 3. The summed E-state index contributed by atoms with van der Waals surface area (Å²) in [5, 5.41) is 0. The van der Waals surface area contributed by atoms with Gasteiger partial charge in [-0.25, -0.2) is 9.79 Å². The summed E-state index contributed by atoms with van der Waals surface area (Å²) in [7, 11) is 5.55. The second kappa shape index (κ2) is 9.03. The number of rotatable bonds is 6. The summed E-state index contributed by atoms with van der Waals surface area (Å²) in [6, 6.07) is 15.9. The normalized spacial score (nSPS) is 20.8. The van der Waals surface area contributed by atoms with E-state index >= 15 is 0 Å². The number of likely N-dealkylation sites (N-methyl/N-ethyl adjacent to an activating group) is 1. The fourth-order valence-electron chi connectivity index (χ4n) is 4.63. The number of fused-ring (bicyclic) bond motifs is 3. The van der Waals surface area contributed by atoms with Crippen molar-refractivity contribution >= 4 is 35.2 Å². The first kappa shape index (κ1) is 23.4. The summed E-state index contributed by atoms with van der Waals surface area (Å²) in [6.45, 7) is 1.55. The number of guanidine groups is 1. The summed E-state index contributed by atoms with van der Waals surface area (Å²) in [4.78, 5) is 51.9. The molecule has 36 heavy (non-hydrogen) atoms. The Morgan fingerprint density at radius 1 is 1.06 bits per heavy atom. The average Bonchev–Trinajstić information content (AvgIpc) is 3.39. The number of anilines is 2. The van der Waals surface area contributed by atoms with Gasteiger partial charge in [0.15, 0.2) is 12.2 Å². The third-order valence-corrected chi connectivity index (χ3v) is 6.54. The number of allylic oxidation sites excluding steroid dienone is 1. The summed E-state index contributed by atoms with van der Waals surface area (Å²) in [5.41, 5.74) is 3.68. The van der Waals surface area contributed by atoms with Gasteiger partial charge in [-0.15, -0.1) is 0 Å². The Bertz CT molecular complexity index is 1260. The van der Waals surface area contributed by atoms with Gasteiger partial charge in [0.2, 0.25) is 5.96 Å². The minimum absolute atomic E-state index is 0.0701. The van der Waals surface area contributed by atoms with Crippen molar-refractivity contribution in [2.75, 3.05) is 37.5 Å². The molecule has 3 amide bonds. The molecule has 2 aromatic rings. The molecule has 2 atom stereocenters. The number of nitrogens with zero attached hydrogens (tertiary/aromatic N) is 6. The van der Waals surface area contributed by atoms with E-state index in [4.69, 9.17) is 9.73 Å². The molecule has 0 saturated carbocycles. The van der Waals surface area contributed by atoms with Crippen molar-refractivity contribution in [3.05, 3.63) is 72.1 Å². The predicted molar refractivity (Wildman–Crippen MR) is 135 cm³/mol. The van der Waals surface area contributed by atoms with E-state index in [1.54, 1.807) is 11.9 Å². The van der Waals surface area contributed by atoms with E-state index in [0.717, 1.165) is 27.5 Å². The second-order valence-electron chi connectivity index (χ2n) is 9.18. The molecule has 0 spiro atoms. The molecule has 0 aliphatic carbocycles. The summed E-state index contributed by atoms with van der Waals surface area (Å²) in [5.74, 6) is -0.559. The van der Waals surface area contributed by atoms with Gasteiger partial charge in [-0.1, -0.05) is 30.3 Å².